The molecule has 2 aromatic rings. The molecule has 4 N–H and O–H groups in total. The van der Waals surface area contributed by atoms with Crippen LogP contribution in [0.3, 0.4) is 0 Å². The molecule has 0 spiro atoms. The van der Waals surface area contributed by atoms with Crippen LogP contribution in [-0.2, 0) is 11.3 Å². The number of ether oxygens (including phenoxy) is 1. The number of nitrogens with zero attached hydrogens (tertiary/aromatic N) is 5. The predicted molar refractivity (Wildman–Crippen MR) is 109 cm³/mol. The Morgan fingerprint density at radius 2 is 2.34 bits per heavy atom. The number of nitrogens with two attached hydrogens (primary N) is 1. The first-order chi connectivity index (χ1) is 14.0. The number of fused-ring (bicyclic) bond motifs is 3. The summed E-state index contributed by atoms with van der Waals surface area (Å²) < 4.78 is 7.96. The summed E-state index contributed by atoms with van der Waals surface area (Å²) in [5.41, 5.74) is 7.18. The summed E-state index contributed by atoms with van der Waals surface area (Å²) in [5, 5.41) is 2.83. The molecule has 1 fully saturated rings. The van der Waals surface area contributed by atoms with Crippen molar-refractivity contribution in [2.45, 2.75) is 26.4 Å². The highest BCUT2D eigenvalue weighted by molar-refractivity contribution is 6.01. The highest BCUT2D eigenvalue weighted by Crippen LogP contribution is 2.31. The average Bonchev–Trinajstić information content (AvgIpc) is 3.04. The van der Waals surface area contributed by atoms with Crippen molar-refractivity contribution in [2.24, 2.45) is 15.7 Å². The number of nitrogens with one attached hydrogen (secondary N) is 2. The van der Waals surface area contributed by atoms with E-state index in [-0.39, 0.29) is 11.9 Å². The molecule has 152 valence electrons. The van der Waals surface area contributed by atoms with Crippen LogP contribution >= 0.6 is 0 Å². The quantitative estimate of drug-likeness (QED) is 0.377. The van der Waals surface area contributed by atoms with E-state index in [9.17, 15) is 4.79 Å². The third-order valence-corrected chi connectivity index (χ3v) is 4.70. The number of amidine groups is 1. The van der Waals surface area contributed by atoms with Gasteiger partial charge in [-0.25, -0.2) is 19.5 Å². The molecule has 10 heteroatoms. The van der Waals surface area contributed by atoms with Gasteiger partial charge in [-0.3, -0.25) is 9.79 Å². The molecule has 2 aliphatic heterocycles. The first kappa shape index (κ1) is 18.9. The van der Waals surface area contributed by atoms with E-state index in [4.69, 9.17) is 10.5 Å². The number of rotatable bonds is 3. The van der Waals surface area contributed by atoms with Crippen LogP contribution < -0.4 is 25.3 Å². The Bertz CT molecular complexity index is 979. The number of H-pyrrole nitrogens is 1. The van der Waals surface area contributed by atoms with Crippen molar-refractivity contribution in [3.05, 3.63) is 24.2 Å². The lowest BCUT2D eigenvalue weighted by Crippen LogP contribution is -2.48. The van der Waals surface area contributed by atoms with Crippen LogP contribution in [0.2, 0.25) is 0 Å². The molecule has 0 aromatic carbocycles. The van der Waals surface area contributed by atoms with Crippen molar-refractivity contribution in [3.63, 3.8) is 0 Å². The molecule has 0 atom stereocenters. The summed E-state index contributed by atoms with van der Waals surface area (Å²) in [6, 6.07) is 2.04. The SMILES string of the molecule is CC(C)N=C(N=CN)c1c[n+]2c([nH]1)-c1cc(N3CCNC(=O)C3)ncc1OCC2. The minimum absolute atomic E-state index is 0.00403. The lowest BCUT2D eigenvalue weighted by molar-refractivity contribution is -0.684. The van der Waals surface area contributed by atoms with Gasteiger partial charge in [-0.15, -0.1) is 0 Å². The monoisotopic (exact) mass is 397 g/mol. The summed E-state index contributed by atoms with van der Waals surface area (Å²) in [6.45, 7) is 6.78. The third kappa shape index (κ3) is 3.91. The van der Waals surface area contributed by atoms with E-state index in [0.717, 1.165) is 22.9 Å². The van der Waals surface area contributed by atoms with Gasteiger partial charge in [0, 0.05) is 19.1 Å². The smallest absolute Gasteiger partial charge is 0.291 e. The van der Waals surface area contributed by atoms with E-state index in [1.165, 1.54) is 6.34 Å². The van der Waals surface area contributed by atoms with Gasteiger partial charge in [0.25, 0.3) is 5.82 Å². The molecule has 4 rings (SSSR count). The minimum atomic E-state index is -0.00403. The third-order valence-electron chi connectivity index (χ3n) is 4.70. The van der Waals surface area contributed by atoms with Crippen molar-refractivity contribution in [1.29, 1.82) is 0 Å². The molecule has 29 heavy (non-hydrogen) atoms. The number of hydrogen-bond acceptors (Lipinski definition) is 5. The van der Waals surface area contributed by atoms with Crippen LogP contribution in [0, 0.1) is 0 Å². The van der Waals surface area contributed by atoms with Gasteiger partial charge < -0.3 is 20.7 Å². The van der Waals surface area contributed by atoms with E-state index < -0.39 is 0 Å². The summed E-state index contributed by atoms with van der Waals surface area (Å²) in [4.78, 5) is 30.4. The van der Waals surface area contributed by atoms with Gasteiger partial charge in [-0.05, 0) is 19.9 Å². The van der Waals surface area contributed by atoms with E-state index in [0.29, 0.717) is 44.4 Å². The zero-order chi connectivity index (χ0) is 20.4. The molecule has 0 unspecified atom stereocenters. The maximum atomic E-state index is 11.8. The Morgan fingerprint density at radius 1 is 1.48 bits per heavy atom. The fourth-order valence-electron chi connectivity index (χ4n) is 3.44. The number of carbonyl (C=O) groups excluding carboxylic acids is 1. The summed E-state index contributed by atoms with van der Waals surface area (Å²) in [7, 11) is 0. The number of hydrogen-bond donors (Lipinski definition) is 3. The van der Waals surface area contributed by atoms with Gasteiger partial charge in [-0.1, -0.05) is 0 Å². The maximum Gasteiger partial charge on any atom is 0.291 e. The van der Waals surface area contributed by atoms with E-state index in [1.54, 1.807) is 6.20 Å². The van der Waals surface area contributed by atoms with E-state index in [1.807, 2.05) is 31.0 Å². The van der Waals surface area contributed by atoms with Crippen molar-refractivity contribution in [2.75, 3.05) is 31.1 Å². The highest BCUT2D eigenvalue weighted by atomic mass is 16.5. The molecule has 0 aliphatic carbocycles. The molecule has 10 nitrogen and oxygen atoms in total. The van der Waals surface area contributed by atoms with Gasteiger partial charge >= 0.3 is 0 Å². The highest BCUT2D eigenvalue weighted by Gasteiger charge is 2.28. The van der Waals surface area contributed by atoms with E-state index in [2.05, 4.69) is 29.8 Å². The molecule has 4 heterocycles. The van der Waals surface area contributed by atoms with Crippen molar-refractivity contribution < 1.29 is 14.1 Å². The maximum absolute atomic E-state index is 11.8. The first-order valence-electron chi connectivity index (χ1n) is 9.65. The fraction of sp³-hybridized carbons (Fsp3) is 0.421. The largest absolute Gasteiger partial charge is 0.487 e. The summed E-state index contributed by atoms with van der Waals surface area (Å²) >= 11 is 0. The number of imidazole rings is 1. The number of carbonyl (C=O) groups is 1. The van der Waals surface area contributed by atoms with Crippen molar-refractivity contribution >= 4 is 23.9 Å². The molecule has 1 amide bonds. The molecule has 1 saturated heterocycles. The van der Waals surface area contributed by atoms with Gasteiger partial charge in [0.15, 0.2) is 5.75 Å². The van der Waals surface area contributed by atoms with Gasteiger partial charge in [0.05, 0.1) is 19.1 Å². The second kappa shape index (κ2) is 7.90. The minimum Gasteiger partial charge on any atom is -0.487 e. The number of amides is 1. The number of pyridine rings is 1. The normalized spacial score (nSPS) is 17.0. The molecular formula is C19H25N8O2+. The standard InChI is InChI=1S/C19H24N8O2/c1-12(2)24-18(23-11-20)14-9-27-5-6-29-15-8-22-16(7-13(15)19(27)25-14)26-4-3-21-17(28)10-26/h7-9,11-12H,3-6,10H2,1-2H3,(H3,20,21,23,24,28)/p+1. The van der Waals surface area contributed by atoms with Gasteiger partial charge in [0.2, 0.25) is 17.4 Å². The van der Waals surface area contributed by atoms with Crippen molar-refractivity contribution in [1.82, 2.24) is 15.3 Å². The molecule has 2 aliphatic rings. The van der Waals surface area contributed by atoms with Crippen LogP contribution in [0.25, 0.3) is 11.4 Å². The van der Waals surface area contributed by atoms with Gasteiger partial charge in [-0.2, -0.15) is 0 Å². The topological polar surface area (TPSA) is 125 Å². The zero-order valence-electron chi connectivity index (χ0n) is 16.6. The molecule has 2 aromatic heterocycles. The van der Waals surface area contributed by atoms with Crippen LogP contribution in [0.5, 0.6) is 5.75 Å². The molecule has 0 radical (unpaired) electrons. The number of aromatic nitrogens is 3. The Labute approximate surface area is 168 Å². The Morgan fingerprint density at radius 3 is 3.10 bits per heavy atom. The van der Waals surface area contributed by atoms with Crippen LogP contribution in [0.4, 0.5) is 5.82 Å². The van der Waals surface area contributed by atoms with Crippen LogP contribution in [0.15, 0.2) is 28.4 Å². The van der Waals surface area contributed by atoms with E-state index >= 15 is 0 Å². The number of anilines is 1. The lowest BCUT2D eigenvalue weighted by Gasteiger charge is -2.27. The Hall–Kier alpha value is -3.43. The first-order valence-corrected chi connectivity index (χ1v) is 9.65. The Kier molecular flexibility index (Phi) is 5.15. The average molecular weight is 397 g/mol. The second-order valence-corrected chi connectivity index (χ2v) is 7.19. The molecular weight excluding hydrogens is 372 g/mol. The summed E-state index contributed by atoms with van der Waals surface area (Å²) in [6.07, 6.45) is 4.93. The van der Waals surface area contributed by atoms with Crippen LogP contribution in [-0.4, -0.2) is 60.3 Å². The second-order valence-electron chi connectivity index (χ2n) is 7.19. The molecule has 0 saturated carbocycles. The fourth-order valence-corrected chi connectivity index (χ4v) is 3.44. The number of aromatic amines is 1. The number of piperazine rings is 1. The number of aliphatic imine (C=N–C) groups is 2. The Balaban J connectivity index is 1.76. The van der Waals surface area contributed by atoms with Crippen molar-refractivity contribution in [3.8, 4) is 17.1 Å². The van der Waals surface area contributed by atoms with Gasteiger partial charge in [0.1, 0.15) is 30.7 Å². The lowest BCUT2D eigenvalue weighted by atomic mass is 10.2. The summed E-state index contributed by atoms with van der Waals surface area (Å²) in [5.74, 6) is 2.85. The predicted octanol–water partition coefficient (Wildman–Crippen LogP) is -0.165. The zero-order valence-corrected chi connectivity index (χ0v) is 16.6. The van der Waals surface area contributed by atoms with Crippen LogP contribution in [0.1, 0.15) is 19.5 Å². The molecule has 0 bridgehead atoms.